The molecule has 0 spiro atoms. The lowest BCUT2D eigenvalue weighted by atomic mass is 9.58. The Hall–Kier alpha value is -3.66. The molecule has 1 fully saturated rings. The molecule has 0 aromatic heterocycles. The number of Topliss-reactive ketones (excluding diaryl/α,β-unsaturated/α-hetero) is 2. The van der Waals surface area contributed by atoms with Crippen LogP contribution in [0.25, 0.3) is 5.76 Å². The Labute approximate surface area is 169 Å². The number of fused-ring (bicyclic) bond motifs is 3. The van der Waals surface area contributed by atoms with Crippen LogP contribution >= 0.6 is 0 Å². The Balaban J connectivity index is 1.97. The van der Waals surface area contributed by atoms with E-state index in [1.807, 2.05) is 0 Å². The van der Waals surface area contributed by atoms with E-state index in [0.29, 0.717) is 5.56 Å². The van der Waals surface area contributed by atoms with Crippen LogP contribution < -0.4 is 5.73 Å². The molecule has 3 atom stereocenters. The number of aliphatic hydroxyl groups is 3. The van der Waals surface area contributed by atoms with Crippen LogP contribution in [0.15, 0.2) is 40.3 Å². The molecule has 1 amide bonds. The van der Waals surface area contributed by atoms with Crippen molar-refractivity contribution in [1.82, 2.24) is 0 Å². The summed E-state index contributed by atoms with van der Waals surface area (Å²) < 4.78 is 0. The zero-order valence-corrected chi connectivity index (χ0v) is 15.7. The first-order chi connectivity index (χ1) is 14.1. The summed E-state index contributed by atoms with van der Waals surface area (Å²) in [6.45, 7) is 0. The summed E-state index contributed by atoms with van der Waals surface area (Å²) in [7, 11) is 1.15. The number of hydrogen-bond donors (Lipinski definition) is 5. The maximum Gasteiger partial charge on any atom is 0.256 e. The number of ketones is 2. The van der Waals surface area contributed by atoms with Crippen molar-refractivity contribution in [2.24, 2.45) is 22.7 Å². The lowest BCUT2D eigenvalue weighted by Crippen LogP contribution is -2.64. The number of aliphatic hydroxyl groups excluding tert-OH is 2. The van der Waals surface area contributed by atoms with Crippen molar-refractivity contribution >= 4 is 28.9 Å². The van der Waals surface area contributed by atoms with Gasteiger partial charge < -0.3 is 31.0 Å². The molecule has 30 heavy (non-hydrogen) atoms. The summed E-state index contributed by atoms with van der Waals surface area (Å²) >= 11 is 0. The summed E-state index contributed by atoms with van der Waals surface area (Å²) in [6.07, 6.45) is 0.157. The van der Waals surface area contributed by atoms with Crippen molar-refractivity contribution in [1.29, 1.82) is 0 Å². The van der Waals surface area contributed by atoms with E-state index in [2.05, 4.69) is 9.99 Å². The molecule has 0 radical (unpaired) electrons. The van der Waals surface area contributed by atoms with Crippen LogP contribution in [0.3, 0.4) is 0 Å². The van der Waals surface area contributed by atoms with Gasteiger partial charge in [0.15, 0.2) is 11.4 Å². The molecule has 0 bridgehead atoms. The zero-order chi connectivity index (χ0) is 22.0. The van der Waals surface area contributed by atoms with Crippen LogP contribution in [0.5, 0.6) is 5.75 Å². The molecule has 3 aliphatic rings. The Bertz CT molecular complexity index is 1120. The van der Waals surface area contributed by atoms with Crippen molar-refractivity contribution < 1.29 is 39.6 Å². The van der Waals surface area contributed by atoms with E-state index in [0.717, 1.165) is 7.11 Å². The number of primary amides is 1. The van der Waals surface area contributed by atoms with Crippen molar-refractivity contribution in [2.45, 2.75) is 18.4 Å². The van der Waals surface area contributed by atoms with Gasteiger partial charge in [-0.15, -0.1) is 0 Å². The summed E-state index contributed by atoms with van der Waals surface area (Å²) in [4.78, 5) is 42.8. The quantitative estimate of drug-likeness (QED) is 0.255. The number of allylic oxidation sites excluding steroid dienone is 1. The van der Waals surface area contributed by atoms with Gasteiger partial charge in [-0.3, -0.25) is 14.4 Å². The smallest absolute Gasteiger partial charge is 0.256 e. The second kappa shape index (κ2) is 6.42. The third-order valence-electron chi connectivity index (χ3n) is 5.93. The number of nitrogens with two attached hydrogens (primary N) is 1. The molecule has 10 heteroatoms. The Morgan fingerprint density at radius 3 is 2.53 bits per heavy atom. The van der Waals surface area contributed by atoms with Gasteiger partial charge in [-0.05, 0) is 30.4 Å². The normalized spacial score (nSPS) is 29.5. The fourth-order valence-corrected chi connectivity index (χ4v) is 4.63. The topological polar surface area (TPSA) is 180 Å². The molecule has 0 aliphatic heterocycles. The molecule has 1 saturated carbocycles. The number of benzene rings is 1. The number of hydrogen-bond acceptors (Lipinski definition) is 9. The number of aromatic hydroxyl groups is 1. The van der Waals surface area contributed by atoms with Crippen molar-refractivity contribution in [3.63, 3.8) is 0 Å². The molecule has 6 N–H and O–H groups in total. The molecule has 4 rings (SSSR count). The van der Waals surface area contributed by atoms with Crippen LogP contribution in [-0.4, -0.2) is 56.3 Å². The first-order valence-electron chi connectivity index (χ1n) is 9.05. The minimum absolute atomic E-state index is 0.0432. The highest BCUT2D eigenvalue weighted by Gasteiger charge is 2.64. The predicted octanol–water partition coefficient (Wildman–Crippen LogP) is 0.0362. The third kappa shape index (κ3) is 2.34. The average Bonchev–Trinajstić information content (AvgIpc) is 2.67. The lowest BCUT2D eigenvalue weighted by Gasteiger charge is -2.45. The van der Waals surface area contributed by atoms with Crippen molar-refractivity contribution in [3.05, 3.63) is 46.2 Å². The SMILES string of the molecule is CON=C1C(O)=C(C(N)=O)C(=O)C2(O)C(=O)C3=C(O)c4c(O)cccc4CC3CC12. The van der Waals surface area contributed by atoms with Gasteiger partial charge in [0.2, 0.25) is 11.6 Å². The fourth-order valence-electron chi connectivity index (χ4n) is 4.63. The molecule has 0 heterocycles. The minimum atomic E-state index is -2.82. The fraction of sp³-hybridized carbons (Fsp3) is 0.300. The minimum Gasteiger partial charge on any atom is -0.507 e. The van der Waals surface area contributed by atoms with Crippen LogP contribution in [0.4, 0.5) is 0 Å². The van der Waals surface area contributed by atoms with Gasteiger partial charge in [0.05, 0.1) is 11.5 Å². The highest BCUT2D eigenvalue weighted by Crippen LogP contribution is 2.50. The second-order valence-electron chi connectivity index (χ2n) is 7.43. The first kappa shape index (κ1) is 19.6. The van der Waals surface area contributed by atoms with Crippen LogP contribution in [0.2, 0.25) is 0 Å². The molecule has 0 saturated heterocycles. The zero-order valence-electron chi connectivity index (χ0n) is 15.7. The van der Waals surface area contributed by atoms with E-state index >= 15 is 0 Å². The molecular formula is C20H18N2O8. The molecule has 10 nitrogen and oxygen atoms in total. The van der Waals surface area contributed by atoms with Crippen molar-refractivity contribution in [2.75, 3.05) is 7.11 Å². The maximum absolute atomic E-state index is 13.4. The number of nitrogens with zero attached hydrogens (tertiary/aromatic N) is 1. The Morgan fingerprint density at radius 2 is 1.90 bits per heavy atom. The number of phenolic OH excluding ortho intramolecular Hbond substituents is 1. The van der Waals surface area contributed by atoms with Crippen LogP contribution in [-0.2, 0) is 25.6 Å². The molecule has 156 valence electrons. The number of carbonyl (C=O) groups excluding carboxylic acids is 3. The summed E-state index contributed by atoms with van der Waals surface area (Å²) in [5.74, 6) is -7.51. The molecule has 1 aromatic carbocycles. The second-order valence-corrected chi connectivity index (χ2v) is 7.43. The van der Waals surface area contributed by atoms with Gasteiger partial charge in [-0.25, -0.2) is 0 Å². The van der Waals surface area contributed by atoms with Gasteiger partial charge in [0.25, 0.3) is 5.91 Å². The largest absolute Gasteiger partial charge is 0.507 e. The van der Waals surface area contributed by atoms with E-state index in [1.165, 1.54) is 6.07 Å². The Kier molecular flexibility index (Phi) is 4.21. The number of oxime groups is 1. The van der Waals surface area contributed by atoms with Crippen LogP contribution in [0.1, 0.15) is 17.5 Å². The summed E-state index contributed by atoms with van der Waals surface area (Å²) in [5, 5.41) is 46.2. The van der Waals surface area contributed by atoms with E-state index in [1.54, 1.807) is 12.1 Å². The van der Waals surface area contributed by atoms with Gasteiger partial charge in [-0.1, -0.05) is 17.3 Å². The maximum atomic E-state index is 13.4. The van der Waals surface area contributed by atoms with E-state index in [-0.39, 0.29) is 35.4 Å². The van der Waals surface area contributed by atoms with Crippen molar-refractivity contribution in [3.8, 4) is 5.75 Å². The van der Waals surface area contributed by atoms with E-state index in [4.69, 9.17) is 5.73 Å². The highest BCUT2D eigenvalue weighted by atomic mass is 16.6. The van der Waals surface area contributed by atoms with Crippen LogP contribution in [0, 0.1) is 11.8 Å². The average molecular weight is 414 g/mol. The number of carbonyl (C=O) groups is 3. The third-order valence-corrected chi connectivity index (χ3v) is 5.93. The van der Waals surface area contributed by atoms with Gasteiger partial charge in [0.1, 0.15) is 29.9 Å². The number of amides is 1. The standard InChI is InChI=1S/C20H18N2O8/c1-30-22-14-9-6-8-5-7-3-2-4-10(23)11(7)15(24)12(8)17(26)20(9,29)18(27)13(16(14)25)19(21)28/h2-4,8-9,23-25,29H,5-6H2,1H3,(H2,21,28). The number of phenols is 1. The van der Waals surface area contributed by atoms with Gasteiger partial charge in [-0.2, -0.15) is 0 Å². The Morgan fingerprint density at radius 1 is 1.20 bits per heavy atom. The lowest BCUT2D eigenvalue weighted by molar-refractivity contribution is -0.153. The van der Waals surface area contributed by atoms with Gasteiger partial charge in [0, 0.05) is 5.57 Å². The molecular weight excluding hydrogens is 396 g/mol. The highest BCUT2D eigenvalue weighted by molar-refractivity contribution is 6.38. The predicted molar refractivity (Wildman–Crippen MR) is 101 cm³/mol. The number of rotatable bonds is 2. The van der Waals surface area contributed by atoms with E-state index in [9.17, 15) is 34.8 Å². The molecule has 1 aromatic rings. The monoisotopic (exact) mass is 414 g/mol. The van der Waals surface area contributed by atoms with E-state index < -0.39 is 52.0 Å². The summed E-state index contributed by atoms with van der Waals surface area (Å²) in [5.41, 5.74) is 1.40. The molecule has 3 aliphatic carbocycles. The first-order valence-corrected chi connectivity index (χ1v) is 9.05. The van der Waals surface area contributed by atoms with Gasteiger partial charge >= 0.3 is 0 Å². The summed E-state index contributed by atoms with van der Waals surface area (Å²) in [6, 6.07) is 4.59. The molecule has 3 unspecified atom stereocenters.